The fraction of sp³-hybridized carbons (Fsp3) is 0.542. The second kappa shape index (κ2) is 11.1. The molecule has 0 saturated heterocycles. The summed E-state index contributed by atoms with van der Waals surface area (Å²) in [7, 11) is 3.45. The van der Waals surface area contributed by atoms with Crippen LogP contribution < -0.4 is 0 Å². The second-order valence-electron chi connectivity index (χ2n) is 9.54. The van der Waals surface area contributed by atoms with Crippen LogP contribution in [0.2, 0.25) is 0 Å². The molecule has 1 aromatic carbocycles. The van der Waals surface area contributed by atoms with Crippen molar-refractivity contribution in [2.45, 2.75) is 52.1 Å². The standard InChI is InChI=1S/C24H28F6N4O3/c1-13(2)37-22(36)21-19-12-33(5-6-34(19)23(31-21)24(28,29)30)20(35)8-14(11-32(3)4)7-15-9-17(26)18(27)10-16(15)25/h9-10,13-14H,5-8,11-12H2,1-4H3/t14-/m1/s1. The molecule has 0 N–H and O–H groups in total. The van der Waals surface area contributed by atoms with Gasteiger partial charge in [-0.05, 0) is 51.9 Å². The van der Waals surface area contributed by atoms with Crippen LogP contribution >= 0.6 is 0 Å². The SMILES string of the molecule is CC(C)OC(=O)c1nc(C(F)(F)F)n2c1CN(C(=O)C[C@@H](Cc1cc(F)c(F)cc1F)CN(C)C)CC2. The summed E-state index contributed by atoms with van der Waals surface area (Å²) >= 11 is 0. The van der Waals surface area contributed by atoms with Gasteiger partial charge >= 0.3 is 12.1 Å². The Morgan fingerprint density at radius 2 is 1.73 bits per heavy atom. The first-order valence-electron chi connectivity index (χ1n) is 11.6. The zero-order chi connectivity index (χ0) is 27.7. The summed E-state index contributed by atoms with van der Waals surface area (Å²) in [5.41, 5.74) is -0.690. The minimum Gasteiger partial charge on any atom is -0.458 e. The Bertz CT molecular complexity index is 1160. The van der Waals surface area contributed by atoms with E-state index in [9.17, 15) is 35.9 Å². The monoisotopic (exact) mass is 534 g/mol. The number of carbonyl (C=O) groups excluding carboxylic acids is 2. The van der Waals surface area contributed by atoms with Gasteiger partial charge in [0.15, 0.2) is 17.3 Å². The van der Waals surface area contributed by atoms with Gasteiger partial charge in [0.2, 0.25) is 11.7 Å². The molecule has 0 radical (unpaired) electrons. The van der Waals surface area contributed by atoms with Gasteiger partial charge in [0.1, 0.15) is 5.82 Å². The molecule has 204 valence electrons. The van der Waals surface area contributed by atoms with Crippen molar-refractivity contribution in [2.24, 2.45) is 5.92 Å². The molecule has 1 aromatic heterocycles. The van der Waals surface area contributed by atoms with Gasteiger partial charge in [-0.1, -0.05) is 0 Å². The van der Waals surface area contributed by atoms with Crippen molar-refractivity contribution >= 4 is 11.9 Å². The summed E-state index contributed by atoms with van der Waals surface area (Å²) < 4.78 is 87.8. The van der Waals surface area contributed by atoms with E-state index in [0.29, 0.717) is 12.6 Å². The van der Waals surface area contributed by atoms with Crippen LogP contribution in [0.25, 0.3) is 0 Å². The Morgan fingerprint density at radius 3 is 2.32 bits per heavy atom. The number of carbonyl (C=O) groups is 2. The predicted molar refractivity (Wildman–Crippen MR) is 120 cm³/mol. The largest absolute Gasteiger partial charge is 0.458 e. The molecule has 13 heteroatoms. The normalized spacial score (nSPS) is 14.8. The first-order chi connectivity index (χ1) is 17.2. The van der Waals surface area contributed by atoms with Crippen LogP contribution in [0.15, 0.2) is 12.1 Å². The van der Waals surface area contributed by atoms with Crippen molar-refractivity contribution in [3.63, 3.8) is 0 Å². The summed E-state index contributed by atoms with van der Waals surface area (Å²) in [6.07, 6.45) is -5.61. The van der Waals surface area contributed by atoms with E-state index in [4.69, 9.17) is 4.74 Å². The minimum absolute atomic E-state index is 0.0666. The van der Waals surface area contributed by atoms with Crippen molar-refractivity contribution in [3.05, 3.63) is 52.4 Å². The van der Waals surface area contributed by atoms with Gasteiger partial charge < -0.3 is 19.1 Å². The van der Waals surface area contributed by atoms with E-state index in [0.717, 1.165) is 10.6 Å². The molecule has 0 saturated carbocycles. The number of hydrogen-bond donors (Lipinski definition) is 0. The van der Waals surface area contributed by atoms with E-state index >= 15 is 0 Å². The number of nitrogens with zero attached hydrogens (tertiary/aromatic N) is 4. The third-order valence-corrected chi connectivity index (χ3v) is 5.83. The topological polar surface area (TPSA) is 67.7 Å². The molecule has 1 aliphatic rings. The third-order valence-electron chi connectivity index (χ3n) is 5.83. The number of aromatic nitrogens is 2. The van der Waals surface area contributed by atoms with E-state index in [1.54, 1.807) is 32.8 Å². The van der Waals surface area contributed by atoms with Crippen molar-refractivity contribution in [1.29, 1.82) is 0 Å². The van der Waals surface area contributed by atoms with Crippen LogP contribution in [-0.2, 0) is 35.2 Å². The molecule has 1 atom stereocenters. The number of alkyl halides is 3. The Balaban J connectivity index is 1.84. The molecule has 3 rings (SSSR count). The van der Waals surface area contributed by atoms with E-state index in [-0.39, 0.29) is 43.7 Å². The molecule has 1 amide bonds. The Hall–Kier alpha value is -3.09. The van der Waals surface area contributed by atoms with Gasteiger partial charge in [-0.15, -0.1) is 0 Å². The van der Waals surface area contributed by atoms with E-state index in [1.807, 2.05) is 0 Å². The maximum Gasteiger partial charge on any atom is 0.449 e. The molecule has 2 aromatic rings. The number of fused-ring (bicyclic) bond motifs is 1. The van der Waals surface area contributed by atoms with Crippen LogP contribution in [0.4, 0.5) is 26.3 Å². The van der Waals surface area contributed by atoms with Crippen molar-refractivity contribution in [2.75, 3.05) is 27.2 Å². The van der Waals surface area contributed by atoms with Crippen LogP contribution in [0.5, 0.6) is 0 Å². The molecule has 0 aliphatic carbocycles. The molecule has 0 bridgehead atoms. The van der Waals surface area contributed by atoms with E-state index in [1.165, 1.54) is 4.90 Å². The predicted octanol–water partition coefficient (Wildman–Crippen LogP) is 4.04. The average molecular weight is 535 g/mol. The Morgan fingerprint density at radius 1 is 1.08 bits per heavy atom. The number of rotatable bonds is 8. The second-order valence-corrected chi connectivity index (χ2v) is 9.54. The van der Waals surface area contributed by atoms with Gasteiger partial charge in [0, 0.05) is 32.1 Å². The fourth-order valence-corrected chi connectivity index (χ4v) is 4.36. The van der Waals surface area contributed by atoms with Crippen LogP contribution in [0.3, 0.4) is 0 Å². The van der Waals surface area contributed by atoms with E-state index < -0.39 is 59.0 Å². The van der Waals surface area contributed by atoms with Crippen LogP contribution in [0.1, 0.15) is 47.8 Å². The van der Waals surface area contributed by atoms with Gasteiger partial charge in [-0.2, -0.15) is 13.2 Å². The van der Waals surface area contributed by atoms with Gasteiger partial charge in [0.05, 0.1) is 18.3 Å². The van der Waals surface area contributed by atoms with E-state index in [2.05, 4.69) is 4.98 Å². The molecular weight excluding hydrogens is 506 g/mol. The smallest absolute Gasteiger partial charge is 0.449 e. The first kappa shape index (κ1) is 28.5. The lowest BCUT2D eigenvalue weighted by molar-refractivity contribution is -0.148. The number of ether oxygens (including phenoxy) is 1. The number of hydrogen-bond acceptors (Lipinski definition) is 5. The number of halogens is 6. The number of amides is 1. The van der Waals surface area contributed by atoms with Crippen LogP contribution in [-0.4, -0.2) is 64.5 Å². The third kappa shape index (κ3) is 6.82. The molecule has 1 aliphatic heterocycles. The molecule has 37 heavy (non-hydrogen) atoms. The lowest BCUT2D eigenvalue weighted by Gasteiger charge is -2.31. The maximum atomic E-state index is 14.2. The Kier molecular flexibility index (Phi) is 8.56. The molecule has 0 unspecified atom stereocenters. The lowest BCUT2D eigenvalue weighted by atomic mass is 9.94. The number of imidazole rings is 1. The molecule has 2 heterocycles. The van der Waals surface area contributed by atoms with Gasteiger partial charge in [-0.3, -0.25) is 4.79 Å². The molecule has 7 nitrogen and oxygen atoms in total. The summed E-state index contributed by atoms with van der Waals surface area (Å²) in [5, 5.41) is 0. The van der Waals surface area contributed by atoms with Crippen molar-refractivity contribution in [3.8, 4) is 0 Å². The average Bonchev–Trinajstić information content (AvgIpc) is 3.16. The molecular formula is C24H28F6N4O3. The highest BCUT2D eigenvalue weighted by Gasteiger charge is 2.42. The summed E-state index contributed by atoms with van der Waals surface area (Å²) in [4.78, 5) is 32.2. The van der Waals surface area contributed by atoms with Crippen LogP contribution in [0, 0.1) is 23.4 Å². The quantitative estimate of drug-likeness (QED) is 0.291. The molecule has 0 spiro atoms. The number of esters is 1. The number of benzene rings is 1. The highest BCUT2D eigenvalue weighted by Crippen LogP contribution is 2.33. The zero-order valence-corrected chi connectivity index (χ0v) is 20.8. The lowest BCUT2D eigenvalue weighted by Crippen LogP contribution is -2.41. The van der Waals surface area contributed by atoms with Crippen molar-refractivity contribution in [1.82, 2.24) is 19.4 Å². The Labute approximate surface area is 210 Å². The fourth-order valence-electron chi connectivity index (χ4n) is 4.36. The summed E-state index contributed by atoms with van der Waals surface area (Å²) in [6, 6.07) is 1.20. The van der Waals surface area contributed by atoms with Gasteiger partial charge in [0.25, 0.3) is 0 Å². The minimum atomic E-state index is -4.82. The van der Waals surface area contributed by atoms with Crippen molar-refractivity contribution < 1.29 is 40.7 Å². The maximum absolute atomic E-state index is 14.2. The summed E-state index contributed by atoms with van der Waals surface area (Å²) in [5.74, 6) is -6.70. The highest BCUT2D eigenvalue weighted by molar-refractivity contribution is 5.89. The summed E-state index contributed by atoms with van der Waals surface area (Å²) in [6.45, 7) is 2.77. The zero-order valence-electron chi connectivity index (χ0n) is 20.8. The highest BCUT2D eigenvalue weighted by atomic mass is 19.4. The molecule has 0 fully saturated rings. The van der Waals surface area contributed by atoms with Gasteiger partial charge in [-0.25, -0.2) is 22.9 Å². The first-order valence-corrected chi connectivity index (χ1v) is 11.6.